The molecule has 0 aliphatic heterocycles. The summed E-state index contributed by atoms with van der Waals surface area (Å²) < 4.78 is 35.4. The highest BCUT2D eigenvalue weighted by atomic mass is 35.7. The predicted octanol–water partition coefficient (Wildman–Crippen LogP) is 0.458. The van der Waals surface area contributed by atoms with Crippen molar-refractivity contribution in [3.63, 3.8) is 0 Å². The lowest BCUT2D eigenvalue weighted by atomic mass is 9.97. The van der Waals surface area contributed by atoms with E-state index in [0.29, 0.717) is 0 Å². The number of hydrogen-bond acceptors (Lipinski definition) is 4. The van der Waals surface area contributed by atoms with Gasteiger partial charge in [-0.3, -0.25) is 0 Å². The summed E-state index contributed by atoms with van der Waals surface area (Å²) in [5, 5.41) is 4.18. The molecule has 3 aromatic rings. The van der Waals surface area contributed by atoms with Crippen molar-refractivity contribution < 1.29 is 28.9 Å². The van der Waals surface area contributed by atoms with Crippen molar-refractivity contribution in [2.24, 2.45) is 0 Å². The summed E-state index contributed by atoms with van der Waals surface area (Å²) in [5.41, 5.74) is 1.59. The molecule has 0 saturated heterocycles. The summed E-state index contributed by atoms with van der Waals surface area (Å²) in [6, 6.07) is 15.7. The topological polar surface area (TPSA) is 92.2 Å². The fourth-order valence-electron chi connectivity index (χ4n) is 2.97. The molecule has 0 atom stereocenters. The van der Waals surface area contributed by atoms with Crippen LogP contribution in [-0.2, 0) is 12.8 Å². The fourth-order valence-corrected chi connectivity index (χ4v) is 4.29. The maximum Gasteiger partial charge on any atom is 0.246 e. The maximum absolute atomic E-state index is 8.49. The largest absolute Gasteiger partial charge is 0.246 e. The van der Waals surface area contributed by atoms with Crippen LogP contribution in [0.5, 0.6) is 0 Å². The third-order valence-electron chi connectivity index (χ3n) is 3.92. The molecule has 0 unspecified atom stereocenters. The molecule has 0 amide bonds. The highest BCUT2D eigenvalue weighted by molar-refractivity contribution is 7.19. The van der Waals surface area contributed by atoms with E-state index in [1.807, 2.05) is 11.3 Å². The van der Waals surface area contributed by atoms with Gasteiger partial charge in [-0.15, -0.1) is 10.2 Å². The Morgan fingerprint density at radius 3 is 2.26 bits per heavy atom. The van der Waals surface area contributed by atoms with Gasteiger partial charge in [0, 0.05) is 22.8 Å². The van der Waals surface area contributed by atoms with Gasteiger partial charge >= 0.3 is 0 Å². The van der Waals surface area contributed by atoms with Gasteiger partial charge in [-0.05, 0) is 42.8 Å². The minimum absolute atomic E-state index is 1.27. The molecule has 0 N–H and O–H groups in total. The molecular formula is C17H15ClO4S. The first-order chi connectivity index (χ1) is 10.9. The normalized spacial score (nSPS) is 14.3. The Balaban J connectivity index is 0.000000276. The molecule has 1 aliphatic carbocycles. The van der Waals surface area contributed by atoms with Crippen LogP contribution in [0.1, 0.15) is 23.3 Å². The van der Waals surface area contributed by atoms with Gasteiger partial charge in [0.1, 0.15) is 0 Å². The molecule has 1 aliphatic rings. The lowest BCUT2D eigenvalue weighted by molar-refractivity contribution is -2.00. The van der Waals surface area contributed by atoms with Crippen molar-refractivity contribution in [2.45, 2.75) is 25.7 Å². The zero-order chi connectivity index (χ0) is 16.4. The maximum atomic E-state index is 8.49. The molecule has 0 saturated carbocycles. The van der Waals surface area contributed by atoms with Crippen LogP contribution in [0.25, 0.3) is 20.9 Å². The van der Waals surface area contributed by atoms with E-state index in [1.165, 1.54) is 46.5 Å². The number of benzene rings is 2. The molecule has 4 nitrogen and oxygen atoms in total. The summed E-state index contributed by atoms with van der Waals surface area (Å²) in [4.78, 5) is 1.62. The Morgan fingerprint density at radius 2 is 1.48 bits per heavy atom. The fraction of sp³-hybridized carbons (Fsp3) is 0.235. The molecule has 2 aromatic carbocycles. The van der Waals surface area contributed by atoms with Crippen molar-refractivity contribution in [2.75, 3.05) is 0 Å². The summed E-state index contributed by atoms with van der Waals surface area (Å²) in [6.45, 7) is 0. The third kappa shape index (κ3) is 4.14. The third-order valence-corrected chi connectivity index (χ3v) is 5.30. The molecule has 0 bridgehead atoms. The van der Waals surface area contributed by atoms with Crippen LogP contribution in [0, 0.1) is 10.2 Å². The van der Waals surface area contributed by atoms with Crippen molar-refractivity contribution in [1.82, 2.24) is 0 Å². The van der Waals surface area contributed by atoms with Crippen molar-refractivity contribution >= 4 is 32.2 Å². The lowest BCUT2D eigenvalue weighted by Crippen LogP contribution is -2.68. The van der Waals surface area contributed by atoms with Gasteiger partial charge in [-0.1, -0.05) is 24.3 Å². The van der Waals surface area contributed by atoms with Gasteiger partial charge < -0.3 is 0 Å². The van der Waals surface area contributed by atoms with Crippen molar-refractivity contribution in [3.8, 4) is 0 Å². The first-order valence-corrected chi connectivity index (χ1v) is 9.35. The van der Waals surface area contributed by atoms with Crippen molar-refractivity contribution in [3.05, 3.63) is 52.9 Å². The highest BCUT2D eigenvalue weighted by Crippen LogP contribution is 2.35. The lowest BCUT2D eigenvalue weighted by Gasteiger charge is -2.17. The Labute approximate surface area is 140 Å². The molecule has 1 aromatic heterocycles. The van der Waals surface area contributed by atoms with E-state index < -0.39 is 10.2 Å². The average molecular weight is 351 g/mol. The van der Waals surface area contributed by atoms with E-state index in [0.717, 1.165) is 0 Å². The second kappa shape index (κ2) is 6.65. The summed E-state index contributed by atoms with van der Waals surface area (Å²) in [6.07, 6.45) is 5.27. The van der Waals surface area contributed by atoms with Crippen LogP contribution in [0.3, 0.4) is 0 Å². The average Bonchev–Trinajstić information content (AvgIpc) is 2.51. The Morgan fingerprint density at radius 1 is 0.826 bits per heavy atom. The number of rotatable bonds is 0. The Bertz CT molecular complexity index is 839. The molecule has 23 heavy (non-hydrogen) atoms. The van der Waals surface area contributed by atoms with Crippen molar-refractivity contribution in [1.29, 1.82) is 0 Å². The first kappa shape index (κ1) is 16.5. The van der Waals surface area contributed by atoms with E-state index in [9.17, 15) is 0 Å². The number of hydrogen-bond donors (Lipinski definition) is 0. The molecule has 6 heteroatoms. The van der Waals surface area contributed by atoms with Gasteiger partial charge in [0.25, 0.3) is 0 Å². The van der Waals surface area contributed by atoms with Crippen LogP contribution in [0.2, 0.25) is 0 Å². The van der Waals surface area contributed by atoms with Gasteiger partial charge in [-0.2, -0.15) is 0 Å². The van der Waals surface area contributed by atoms with E-state index in [-0.39, 0.29) is 0 Å². The molecular weight excluding hydrogens is 336 g/mol. The second-order valence-electron chi connectivity index (χ2n) is 5.48. The van der Waals surface area contributed by atoms with E-state index in [1.54, 1.807) is 10.4 Å². The Hall–Kier alpha value is -1.34. The van der Waals surface area contributed by atoms with Crippen LogP contribution in [-0.4, -0.2) is 0 Å². The molecule has 1 heterocycles. The predicted molar refractivity (Wildman–Crippen MR) is 80.4 cm³/mol. The van der Waals surface area contributed by atoms with Gasteiger partial charge in [0.15, 0.2) is 0 Å². The zero-order valence-electron chi connectivity index (χ0n) is 12.3. The number of fused-ring (bicyclic) bond motifs is 4. The van der Waals surface area contributed by atoms with Gasteiger partial charge in [0.05, 0.1) is 0 Å². The summed E-state index contributed by atoms with van der Waals surface area (Å²) in [7, 11) is -4.94. The molecule has 0 radical (unpaired) electrons. The molecule has 4 rings (SSSR count). The van der Waals surface area contributed by atoms with Crippen LogP contribution in [0.4, 0.5) is 0 Å². The highest BCUT2D eigenvalue weighted by Gasteiger charge is 2.21. The Kier molecular flexibility index (Phi) is 4.77. The first-order valence-electron chi connectivity index (χ1n) is 7.30. The monoisotopic (exact) mass is 350 g/mol. The number of aryl methyl sites for hydroxylation is 2. The van der Waals surface area contributed by atoms with E-state index in [4.69, 9.17) is 18.6 Å². The molecule has 0 spiro atoms. The van der Waals surface area contributed by atoms with Gasteiger partial charge in [-0.25, -0.2) is 18.6 Å². The van der Waals surface area contributed by atoms with Gasteiger partial charge in [0.2, 0.25) is 20.9 Å². The van der Waals surface area contributed by atoms with E-state index >= 15 is 0 Å². The SMILES string of the molecule is [O-][Cl+3]([O-])([O-])[O-].c1ccc2c(c1)ccc1cc3c([s+]c12)CCCC3. The quantitative estimate of drug-likeness (QED) is 0.435. The van der Waals surface area contributed by atoms with Crippen LogP contribution in [0.15, 0.2) is 42.5 Å². The minimum Gasteiger partial charge on any atom is -0.222 e. The van der Waals surface area contributed by atoms with Crippen LogP contribution >= 0.6 is 11.3 Å². The standard InChI is InChI=1S/C17H15S.ClHO4/c1-3-7-15-12(5-1)9-10-14-11-13-6-2-4-8-16(13)18-17(14)15;2-1(3,4)5/h1,3,5,7,9-11H,2,4,6,8H2;(H,2,3,4,5)/q+1;/p-1. The smallest absolute Gasteiger partial charge is 0.222 e. The molecule has 0 fully saturated rings. The summed E-state index contributed by atoms with van der Waals surface area (Å²) >= 11 is 2.02. The van der Waals surface area contributed by atoms with E-state index in [2.05, 4.69) is 42.5 Å². The number of halogens is 1. The van der Waals surface area contributed by atoms with Crippen LogP contribution < -0.4 is 18.6 Å². The molecule has 120 valence electrons. The second-order valence-corrected chi connectivity index (χ2v) is 7.35. The summed E-state index contributed by atoms with van der Waals surface area (Å²) in [5.74, 6) is 0. The minimum atomic E-state index is -4.94. The zero-order valence-corrected chi connectivity index (χ0v) is 13.9.